The molecule has 2 heterocycles. The number of thioether (sulfide) groups is 1. The Morgan fingerprint density at radius 2 is 2.21 bits per heavy atom. The van der Waals surface area contributed by atoms with E-state index >= 15 is 0 Å². The van der Waals surface area contributed by atoms with Gasteiger partial charge < -0.3 is 10.7 Å². The predicted octanol–water partition coefficient (Wildman–Crippen LogP) is 2.58. The van der Waals surface area contributed by atoms with Gasteiger partial charge in [0.25, 0.3) is 0 Å². The lowest BCUT2D eigenvalue weighted by atomic mass is 10.1. The number of hydrogen-bond donors (Lipinski definition) is 2. The number of anilines is 1. The third-order valence-electron chi connectivity index (χ3n) is 2.64. The van der Waals surface area contributed by atoms with Crippen molar-refractivity contribution in [3.63, 3.8) is 0 Å². The Kier molecular flexibility index (Phi) is 3.22. The summed E-state index contributed by atoms with van der Waals surface area (Å²) >= 11 is 2.65. The normalized spacial score (nSPS) is 10.9. The number of carbonyl (C=O) groups excluding carboxylic acids is 1. The maximum atomic E-state index is 12.2. The first-order valence-corrected chi connectivity index (χ1v) is 7.35. The van der Waals surface area contributed by atoms with E-state index in [4.69, 9.17) is 5.73 Å². The van der Waals surface area contributed by atoms with Crippen molar-refractivity contribution in [2.75, 3.05) is 11.5 Å². The molecule has 5 nitrogen and oxygen atoms in total. The zero-order chi connectivity index (χ0) is 13.2. The fraction of sp³-hybridized carbons (Fsp3) is 0.0833. The van der Waals surface area contributed by atoms with Crippen molar-refractivity contribution in [1.82, 2.24) is 15.2 Å². The number of nitrogens with one attached hydrogen (secondary N) is 1. The zero-order valence-electron chi connectivity index (χ0n) is 9.79. The molecule has 0 aliphatic heterocycles. The first-order valence-electron chi connectivity index (χ1n) is 5.55. The van der Waals surface area contributed by atoms with Crippen LogP contribution in [0, 0.1) is 0 Å². The lowest BCUT2D eigenvalue weighted by molar-refractivity contribution is 0.102. The summed E-state index contributed by atoms with van der Waals surface area (Å²) in [6.07, 6.45) is 1.75. The molecule has 3 aromatic rings. The molecule has 0 radical (unpaired) electrons. The Balaban J connectivity index is 1.77. The van der Waals surface area contributed by atoms with Crippen LogP contribution in [0.1, 0.15) is 10.4 Å². The fourth-order valence-electron chi connectivity index (χ4n) is 1.79. The smallest absolute Gasteiger partial charge is 0.203 e. The molecule has 0 bridgehead atoms. The lowest BCUT2D eigenvalue weighted by Crippen LogP contribution is -2.01. The standard InChI is InChI=1S/C12H10N4OS2/c13-11-15-16-12(19-11)18-6-10(17)8-5-14-9-4-2-1-3-7(8)9/h1-5,14H,6H2,(H2,13,15). The molecule has 0 saturated heterocycles. The number of H-pyrrole nitrogens is 1. The Labute approximate surface area is 117 Å². The number of nitrogens with zero attached hydrogens (tertiary/aromatic N) is 2. The summed E-state index contributed by atoms with van der Waals surface area (Å²) in [7, 11) is 0. The second-order valence-electron chi connectivity index (χ2n) is 3.87. The van der Waals surface area contributed by atoms with Gasteiger partial charge in [0, 0.05) is 22.7 Å². The van der Waals surface area contributed by atoms with Crippen molar-refractivity contribution in [1.29, 1.82) is 0 Å². The van der Waals surface area contributed by atoms with Crippen LogP contribution in [0.25, 0.3) is 10.9 Å². The van der Waals surface area contributed by atoms with Crippen LogP contribution in [0.3, 0.4) is 0 Å². The molecule has 0 spiro atoms. The van der Waals surface area contributed by atoms with Crippen molar-refractivity contribution in [3.05, 3.63) is 36.0 Å². The highest BCUT2D eigenvalue weighted by molar-refractivity contribution is 8.01. The molecule has 1 aromatic carbocycles. The quantitative estimate of drug-likeness (QED) is 0.570. The Bertz CT molecular complexity index is 734. The number of fused-ring (bicyclic) bond motifs is 1. The molecule has 2 aromatic heterocycles. The topological polar surface area (TPSA) is 84.7 Å². The molecular weight excluding hydrogens is 280 g/mol. The average Bonchev–Trinajstić information content (AvgIpc) is 3.02. The predicted molar refractivity (Wildman–Crippen MR) is 77.7 cm³/mol. The first-order chi connectivity index (χ1) is 9.24. The largest absolute Gasteiger partial charge is 0.374 e. The van der Waals surface area contributed by atoms with Crippen molar-refractivity contribution in [2.45, 2.75) is 4.34 Å². The number of carbonyl (C=O) groups is 1. The highest BCUT2D eigenvalue weighted by atomic mass is 32.2. The average molecular weight is 290 g/mol. The van der Waals surface area contributed by atoms with Crippen LogP contribution in [0.2, 0.25) is 0 Å². The number of rotatable bonds is 4. The molecule has 0 unspecified atom stereocenters. The highest BCUT2D eigenvalue weighted by Crippen LogP contribution is 2.25. The summed E-state index contributed by atoms with van der Waals surface area (Å²) in [5, 5.41) is 8.96. The molecule has 3 rings (SSSR count). The number of aromatic nitrogens is 3. The summed E-state index contributed by atoms with van der Waals surface area (Å²) in [6.45, 7) is 0. The van der Waals surface area contributed by atoms with Crippen molar-refractivity contribution < 1.29 is 4.79 Å². The van der Waals surface area contributed by atoms with E-state index in [1.807, 2.05) is 24.3 Å². The van der Waals surface area contributed by atoms with Crippen LogP contribution in [0.4, 0.5) is 5.13 Å². The fourth-order valence-corrected chi connectivity index (χ4v) is 3.31. The lowest BCUT2D eigenvalue weighted by Gasteiger charge is -1.97. The van der Waals surface area contributed by atoms with Gasteiger partial charge in [0.2, 0.25) is 5.13 Å². The van der Waals surface area contributed by atoms with E-state index in [0.29, 0.717) is 20.8 Å². The Hall–Kier alpha value is -1.86. The molecular formula is C12H10N4OS2. The van der Waals surface area contributed by atoms with Crippen LogP contribution >= 0.6 is 23.1 Å². The number of hydrogen-bond acceptors (Lipinski definition) is 6. The van der Waals surface area contributed by atoms with E-state index in [-0.39, 0.29) is 5.78 Å². The number of ketones is 1. The van der Waals surface area contributed by atoms with E-state index in [1.54, 1.807) is 6.20 Å². The van der Waals surface area contributed by atoms with Gasteiger partial charge in [-0.2, -0.15) is 0 Å². The van der Waals surface area contributed by atoms with Crippen LogP contribution in [0.5, 0.6) is 0 Å². The molecule has 7 heteroatoms. The van der Waals surface area contributed by atoms with Gasteiger partial charge in [-0.05, 0) is 6.07 Å². The zero-order valence-corrected chi connectivity index (χ0v) is 11.4. The van der Waals surface area contributed by atoms with Gasteiger partial charge in [0.05, 0.1) is 5.75 Å². The maximum Gasteiger partial charge on any atom is 0.203 e. The van der Waals surface area contributed by atoms with Crippen molar-refractivity contribution in [3.8, 4) is 0 Å². The van der Waals surface area contributed by atoms with Gasteiger partial charge in [-0.3, -0.25) is 4.79 Å². The summed E-state index contributed by atoms with van der Waals surface area (Å²) in [5.41, 5.74) is 7.17. The number of nitrogen functional groups attached to an aromatic ring is 1. The third kappa shape index (κ3) is 2.47. The second-order valence-corrected chi connectivity index (χ2v) is 6.10. The Morgan fingerprint density at radius 3 is 3.00 bits per heavy atom. The molecule has 19 heavy (non-hydrogen) atoms. The summed E-state index contributed by atoms with van der Waals surface area (Å²) in [6, 6.07) is 7.74. The molecule has 0 aliphatic rings. The summed E-state index contributed by atoms with van der Waals surface area (Å²) in [5.74, 6) is 0.396. The van der Waals surface area contributed by atoms with Gasteiger partial charge >= 0.3 is 0 Å². The molecule has 96 valence electrons. The first kappa shape index (κ1) is 12.2. The number of nitrogens with two attached hydrogens (primary N) is 1. The maximum absolute atomic E-state index is 12.2. The van der Waals surface area contributed by atoms with E-state index in [9.17, 15) is 4.79 Å². The van der Waals surface area contributed by atoms with Gasteiger partial charge in [-0.25, -0.2) is 0 Å². The Morgan fingerprint density at radius 1 is 1.37 bits per heavy atom. The van der Waals surface area contributed by atoms with E-state index in [1.165, 1.54) is 23.1 Å². The minimum Gasteiger partial charge on any atom is -0.374 e. The van der Waals surface area contributed by atoms with Crippen LogP contribution in [0.15, 0.2) is 34.8 Å². The molecule has 0 aliphatic carbocycles. The van der Waals surface area contributed by atoms with Crippen LogP contribution in [-0.4, -0.2) is 26.7 Å². The van der Waals surface area contributed by atoms with Crippen molar-refractivity contribution in [2.24, 2.45) is 0 Å². The van der Waals surface area contributed by atoms with Gasteiger partial charge in [0.15, 0.2) is 10.1 Å². The van der Waals surface area contributed by atoms with Gasteiger partial charge in [-0.15, -0.1) is 10.2 Å². The monoisotopic (exact) mass is 290 g/mol. The minimum absolute atomic E-state index is 0.0659. The molecule has 0 amide bonds. The number of Topliss-reactive ketones (excluding diaryl/α,β-unsaturated/α-hetero) is 1. The molecule has 0 atom stereocenters. The van der Waals surface area contributed by atoms with E-state index in [0.717, 1.165) is 10.9 Å². The molecule has 0 saturated carbocycles. The number of benzene rings is 1. The third-order valence-corrected chi connectivity index (χ3v) is 4.52. The molecule has 3 N–H and O–H groups in total. The second kappa shape index (κ2) is 5.02. The van der Waals surface area contributed by atoms with Crippen LogP contribution < -0.4 is 5.73 Å². The number of para-hydroxylation sites is 1. The van der Waals surface area contributed by atoms with Gasteiger partial charge in [0.1, 0.15) is 0 Å². The molecule has 0 fully saturated rings. The van der Waals surface area contributed by atoms with E-state index in [2.05, 4.69) is 15.2 Å². The van der Waals surface area contributed by atoms with Gasteiger partial charge in [-0.1, -0.05) is 41.3 Å². The van der Waals surface area contributed by atoms with Crippen LogP contribution in [-0.2, 0) is 0 Å². The SMILES string of the molecule is Nc1nnc(SCC(=O)c2c[nH]c3ccccc23)s1. The minimum atomic E-state index is 0.0659. The van der Waals surface area contributed by atoms with Crippen molar-refractivity contribution >= 4 is 44.9 Å². The summed E-state index contributed by atoms with van der Waals surface area (Å²) < 4.78 is 0.714. The summed E-state index contributed by atoms with van der Waals surface area (Å²) in [4.78, 5) is 15.3. The number of aromatic amines is 1. The van der Waals surface area contributed by atoms with E-state index < -0.39 is 0 Å². The highest BCUT2D eigenvalue weighted by Gasteiger charge is 2.13.